The summed E-state index contributed by atoms with van der Waals surface area (Å²) >= 11 is 9.80. The maximum atomic E-state index is 13.6. The first-order chi connectivity index (χ1) is 28.8. The Balaban J connectivity index is 1.11. The first-order valence-corrected chi connectivity index (χ1v) is 24.9. The van der Waals surface area contributed by atoms with E-state index in [-0.39, 0.29) is 16.7 Å². The molecule has 0 atom stereocenters. The number of nitrogens with zero attached hydrogens (tertiary/aromatic N) is 6. The van der Waals surface area contributed by atoms with E-state index in [1.807, 2.05) is 36.5 Å². The maximum absolute atomic E-state index is 13.6. The molecule has 0 unspecified atom stereocenters. The highest BCUT2D eigenvalue weighted by molar-refractivity contribution is 8.07. The molecule has 0 amide bonds. The molecular formula is C44H36N6O3S6. The van der Waals surface area contributed by atoms with Crippen LogP contribution in [0.1, 0.15) is 98.9 Å². The summed E-state index contributed by atoms with van der Waals surface area (Å²) < 4.78 is 19.4. The van der Waals surface area contributed by atoms with Crippen LogP contribution in [0.25, 0.3) is 46.6 Å². The molecule has 0 N–H and O–H groups in total. The van der Waals surface area contributed by atoms with Gasteiger partial charge in [0, 0.05) is 45.4 Å². The van der Waals surface area contributed by atoms with E-state index in [2.05, 4.69) is 42.2 Å². The van der Waals surface area contributed by atoms with E-state index in [1.165, 1.54) is 66.3 Å². The number of aromatic nitrogens is 1. The van der Waals surface area contributed by atoms with Gasteiger partial charge in [0.2, 0.25) is 0 Å². The van der Waals surface area contributed by atoms with Gasteiger partial charge in [-0.15, -0.1) is 56.7 Å². The molecule has 0 radical (unpaired) electrons. The molecule has 3 aliphatic heterocycles. The minimum Gasteiger partial charge on any atom is -0.479 e. The van der Waals surface area contributed by atoms with Gasteiger partial charge >= 0.3 is 0 Å². The molecule has 5 aromatic rings. The lowest BCUT2D eigenvalue weighted by Gasteiger charge is -2.41. The number of hydrogen-bond acceptors (Lipinski definition) is 14. The third-order valence-corrected chi connectivity index (χ3v) is 19.4. The van der Waals surface area contributed by atoms with Gasteiger partial charge in [-0.2, -0.15) is 21.0 Å². The van der Waals surface area contributed by atoms with Crippen molar-refractivity contribution in [1.29, 1.82) is 21.0 Å². The lowest BCUT2D eigenvalue weighted by Crippen LogP contribution is -2.37. The molecule has 10 rings (SSSR count). The highest BCUT2D eigenvalue weighted by atomic mass is 32.2. The molecule has 1 saturated heterocycles. The molecule has 9 nitrogen and oxygen atoms in total. The smallest absolute Gasteiger partial charge is 0.269 e. The Labute approximate surface area is 365 Å². The fraction of sp³-hybridized carbons (Fsp3) is 0.386. The molecule has 59 heavy (non-hydrogen) atoms. The molecule has 5 aliphatic rings. The van der Waals surface area contributed by atoms with Gasteiger partial charge in [0.05, 0.1) is 33.4 Å². The second-order valence-corrected chi connectivity index (χ2v) is 21.8. The van der Waals surface area contributed by atoms with Crippen LogP contribution in [0.4, 0.5) is 0 Å². The molecule has 2 aliphatic carbocycles. The Bertz CT molecular complexity index is 3000. The summed E-state index contributed by atoms with van der Waals surface area (Å²) in [6, 6.07) is 12.7. The average molecular weight is 889 g/mol. The number of thioether (sulfide) groups is 1. The molecule has 15 heteroatoms. The number of thiophene rings is 4. The number of likely N-dealkylation sites (N-methyl/N-ethyl adjacent to an activating group) is 1. The fourth-order valence-corrected chi connectivity index (χ4v) is 17.1. The summed E-state index contributed by atoms with van der Waals surface area (Å²) in [5.74, 6) is 1.93. The Morgan fingerprint density at radius 1 is 0.695 bits per heavy atom. The van der Waals surface area contributed by atoms with Gasteiger partial charge in [-0.1, -0.05) is 24.6 Å². The fourth-order valence-electron chi connectivity index (χ4n) is 9.39. The van der Waals surface area contributed by atoms with Crippen molar-refractivity contribution in [3.05, 3.63) is 68.1 Å². The summed E-state index contributed by atoms with van der Waals surface area (Å²) in [4.78, 5) is 23.7. The largest absolute Gasteiger partial charge is 0.479 e. The van der Waals surface area contributed by atoms with E-state index in [1.54, 1.807) is 34.0 Å². The quantitative estimate of drug-likeness (QED) is 0.161. The molecule has 0 bridgehead atoms. The van der Waals surface area contributed by atoms with E-state index in [9.17, 15) is 25.8 Å². The number of ether oxygens (including phenoxy) is 2. The highest BCUT2D eigenvalue weighted by Gasteiger charge is 2.48. The summed E-state index contributed by atoms with van der Waals surface area (Å²) in [6.07, 6.45) is 14.7. The van der Waals surface area contributed by atoms with Crippen molar-refractivity contribution in [3.8, 4) is 55.3 Å². The van der Waals surface area contributed by atoms with Crippen molar-refractivity contribution in [3.63, 3.8) is 0 Å². The Kier molecular flexibility index (Phi) is 9.72. The van der Waals surface area contributed by atoms with Crippen molar-refractivity contribution < 1.29 is 9.47 Å². The number of thiazole rings is 1. The second-order valence-electron chi connectivity index (χ2n) is 15.5. The van der Waals surface area contributed by atoms with Gasteiger partial charge in [0.15, 0.2) is 22.6 Å². The van der Waals surface area contributed by atoms with Crippen molar-refractivity contribution in [2.75, 3.05) is 13.1 Å². The monoisotopic (exact) mass is 888 g/mol. The van der Waals surface area contributed by atoms with Crippen molar-refractivity contribution in [2.45, 2.75) is 95.8 Å². The van der Waals surface area contributed by atoms with Crippen LogP contribution in [0.3, 0.4) is 0 Å². The summed E-state index contributed by atoms with van der Waals surface area (Å²) in [6.45, 7) is 5.69. The van der Waals surface area contributed by atoms with Crippen LogP contribution in [0, 0.1) is 45.3 Å². The third kappa shape index (κ3) is 6.00. The van der Waals surface area contributed by atoms with E-state index in [0.717, 1.165) is 103 Å². The number of nitriles is 4. The zero-order chi connectivity index (χ0) is 40.6. The normalized spacial score (nSPS) is 19.3. The standard InChI is InChI=1S/C44H36N6O3S6/c1-3-49-23-28(56-41(49)24(19-45)20-46)15-26-16-29-34(54-26)36-32(52-43(29)11-7-5-8-12-43)38-39(58-36)33-37(59-38)35-30(44(53-33)13-9-6-10-14-44)17-27(55-35)18-31-40(51)50(4-2)42(57-31)25(21-47)22-48/h15-18H,3-14,23H2,1-2H3/b28-15-,31-18-. The van der Waals surface area contributed by atoms with Crippen molar-refractivity contribution >= 4 is 95.6 Å². The first kappa shape index (κ1) is 38.6. The minimum absolute atomic E-state index is 0.0466. The van der Waals surface area contributed by atoms with E-state index >= 15 is 0 Å². The van der Waals surface area contributed by atoms with Crippen molar-refractivity contribution in [1.82, 2.24) is 9.47 Å². The van der Waals surface area contributed by atoms with E-state index in [4.69, 9.17) is 9.47 Å². The first-order valence-electron chi connectivity index (χ1n) is 20.0. The van der Waals surface area contributed by atoms with Crippen LogP contribution in [0.2, 0.25) is 0 Å². The second kappa shape index (κ2) is 14.9. The molecule has 3 fully saturated rings. The summed E-state index contributed by atoms with van der Waals surface area (Å²) in [5.41, 5.74) is 1.56. The molecule has 2 spiro atoms. The minimum atomic E-state index is -0.455. The number of hydrogen-bond donors (Lipinski definition) is 0. The van der Waals surface area contributed by atoms with E-state index < -0.39 is 11.2 Å². The SMILES string of the molecule is CCN1C/C(=C/c2cc3c(s2)-c2sc4c5c(sc4c2OC32CCCCC2)-c2sc(/C=c3\sc(=C(C#N)C#N)n(CC)c3=O)cc2C2(CCCCC2)O5)SC1=C(C#N)C#N. The number of fused-ring (bicyclic) bond motifs is 11. The van der Waals surface area contributed by atoms with Gasteiger partial charge in [-0.3, -0.25) is 9.36 Å². The van der Waals surface area contributed by atoms with Crippen LogP contribution in [0.5, 0.6) is 11.5 Å². The summed E-state index contributed by atoms with van der Waals surface area (Å²) in [5, 5.41) is 39.2. The van der Waals surface area contributed by atoms with Gasteiger partial charge in [0.1, 0.15) is 45.2 Å². The zero-order valence-corrected chi connectivity index (χ0v) is 37.3. The van der Waals surface area contributed by atoms with Gasteiger partial charge in [0.25, 0.3) is 5.56 Å². The van der Waals surface area contributed by atoms with Crippen LogP contribution in [-0.4, -0.2) is 22.6 Å². The zero-order valence-electron chi connectivity index (χ0n) is 32.4. The molecule has 0 aromatic carbocycles. The topological polar surface area (TPSA) is 139 Å². The molecule has 5 aromatic heterocycles. The third-order valence-electron chi connectivity index (χ3n) is 12.2. The molecular weight excluding hydrogens is 853 g/mol. The van der Waals surface area contributed by atoms with Crippen LogP contribution < -0.4 is 24.2 Å². The lowest BCUT2D eigenvalue weighted by atomic mass is 9.78. The van der Waals surface area contributed by atoms with Crippen LogP contribution >= 0.6 is 68.4 Å². The number of allylic oxidation sites excluding steroid dienone is 1. The van der Waals surface area contributed by atoms with Crippen LogP contribution in [-0.2, 0) is 17.7 Å². The van der Waals surface area contributed by atoms with Crippen LogP contribution in [0.15, 0.2) is 32.4 Å². The van der Waals surface area contributed by atoms with Gasteiger partial charge < -0.3 is 14.4 Å². The van der Waals surface area contributed by atoms with E-state index in [0.29, 0.717) is 22.3 Å². The predicted molar refractivity (Wildman–Crippen MR) is 240 cm³/mol. The Hall–Kier alpha value is -4.58. The van der Waals surface area contributed by atoms with Crippen molar-refractivity contribution in [2.24, 2.45) is 0 Å². The van der Waals surface area contributed by atoms with Gasteiger partial charge in [-0.25, -0.2) is 0 Å². The van der Waals surface area contributed by atoms with Gasteiger partial charge in [-0.05, 0) is 89.5 Å². The average Bonchev–Trinajstić information content (AvgIpc) is 4.11. The summed E-state index contributed by atoms with van der Waals surface area (Å²) in [7, 11) is 0. The Morgan fingerprint density at radius 3 is 1.71 bits per heavy atom. The maximum Gasteiger partial charge on any atom is 0.269 e. The molecule has 296 valence electrons. The number of rotatable bonds is 4. The predicted octanol–water partition coefficient (Wildman–Crippen LogP) is 10.5. The molecule has 8 heterocycles. The Morgan fingerprint density at radius 2 is 1.22 bits per heavy atom. The molecule has 2 saturated carbocycles. The lowest BCUT2D eigenvalue weighted by molar-refractivity contribution is 0.0258. The highest BCUT2D eigenvalue weighted by Crippen LogP contribution is 2.66.